The number of imidazole rings is 2. The Hall–Kier alpha value is -7.70. The zero-order valence-corrected chi connectivity index (χ0v) is 30.2. The molecule has 0 spiro atoms. The second-order valence-electron chi connectivity index (χ2n) is 14.3. The van der Waals surface area contributed by atoms with Crippen LogP contribution < -0.4 is 0 Å². The summed E-state index contributed by atoms with van der Waals surface area (Å²) in [6.07, 6.45) is 0. The normalized spacial score (nSPS) is 11.9. The lowest BCUT2D eigenvalue weighted by molar-refractivity contribution is 0.775. The van der Waals surface area contributed by atoms with Crippen LogP contribution in [0.25, 0.3) is 99.8 Å². The largest absolute Gasteiger partial charge is 0.292 e. The molecule has 12 aromatic rings. The van der Waals surface area contributed by atoms with Gasteiger partial charge in [-0.15, -0.1) is 0 Å². The van der Waals surface area contributed by atoms with E-state index in [0.717, 1.165) is 78.3 Å². The third-order valence-corrected chi connectivity index (χ3v) is 11.2. The number of para-hydroxylation sites is 8. The van der Waals surface area contributed by atoms with E-state index in [0.29, 0.717) is 0 Å². The summed E-state index contributed by atoms with van der Waals surface area (Å²) in [4.78, 5) is 10.4. The SMILES string of the molecule is c1ccc(-n2c(-c3ccc4c(c3)c3ccccc3n4-n3c4ccccc4c4cc(-c5nc6ccccc6n5-c5ccccc5)ccc43)nc3ccccc32)cc1. The van der Waals surface area contributed by atoms with Crippen molar-refractivity contribution in [1.82, 2.24) is 28.5 Å². The molecule has 0 bridgehead atoms. The van der Waals surface area contributed by atoms with Gasteiger partial charge in [0.2, 0.25) is 0 Å². The molecule has 0 atom stereocenters. The van der Waals surface area contributed by atoms with Gasteiger partial charge in [0.05, 0.1) is 44.1 Å². The van der Waals surface area contributed by atoms with Crippen molar-refractivity contribution in [2.45, 2.75) is 0 Å². The maximum Gasteiger partial charge on any atom is 0.145 e. The molecule has 12 rings (SSSR count). The minimum absolute atomic E-state index is 0.919. The minimum Gasteiger partial charge on any atom is -0.292 e. The summed E-state index contributed by atoms with van der Waals surface area (Å²) in [5, 5.41) is 4.71. The molecule has 0 unspecified atom stereocenters. The average molecular weight is 717 g/mol. The molecule has 0 saturated heterocycles. The number of aromatic nitrogens is 6. The van der Waals surface area contributed by atoms with Gasteiger partial charge in [-0.1, -0.05) is 97.1 Å². The van der Waals surface area contributed by atoms with E-state index in [1.807, 2.05) is 0 Å². The highest BCUT2D eigenvalue weighted by molar-refractivity contribution is 6.13. The minimum atomic E-state index is 0.919. The molecule has 56 heavy (non-hydrogen) atoms. The lowest BCUT2D eigenvalue weighted by Crippen LogP contribution is -2.08. The summed E-state index contributed by atoms with van der Waals surface area (Å²) in [6, 6.07) is 68.8. The van der Waals surface area contributed by atoms with E-state index < -0.39 is 0 Å². The van der Waals surface area contributed by atoms with Crippen LogP contribution in [0.3, 0.4) is 0 Å². The van der Waals surface area contributed by atoms with Gasteiger partial charge >= 0.3 is 0 Å². The molecular weight excluding hydrogens is 685 g/mol. The third kappa shape index (κ3) is 4.44. The van der Waals surface area contributed by atoms with Crippen molar-refractivity contribution < 1.29 is 0 Å². The second-order valence-corrected chi connectivity index (χ2v) is 14.3. The van der Waals surface area contributed by atoms with Gasteiger partial charge in [0, 0.05) is 44.0 Å². The number of nitrogens with zero attached hydrogens (tertiary/aromatic N) is 6. The fourth-order valence-electron chi connectivity index (χ4n) is 8.73. The van der Waals surface area contributed by atoms with E-state index in [-0.39, 0.29) is 0 Å². The summed E-state index contributed by atoms with van der Waals surface area (Å²) >= 11 is 0. The molecule has 4 aromatic heterocycles. The standard InChI is InChI=1S/C50H32N6/c1-3-15-35(16-4-1)53-47-25-13-9-21-41(47)51-49(53)33-27-29-45-39(31-33)37-19-7-11-23-43(37)55(45)56-44-24-12-8-20-38(44)40-32-34(28-30-46(40)56)50-52-42-22-10-14-26-48(42)54(50)36-17-5-2-6-18-36/h1-32H. The first-order valence-corrected chi connectivity index (χ1v) is 18.9. The van der Waals surface area contributed by atoms with Crippen molar-refractivity contribution in [3.8, 4) is 34.2 Å². The Morgan fingerprint density at radius 1 is 0.286 bits per heavy atom. The van der Waals surface area contributed by atoms with Crippen LogP contribution in [0.4, 0.5) is 0 Å². The Balaban J connectivity index is 1.10. The summed E-state index contributed by atoms with van der Waals surface area (Å²) in [5.41, 5.74) is 12.9. The molecule has 0 aliphatic rings. The van der Waals surface area contributed by atoms with Gasteiger partial charge in [-0.2, -0.15) is 0 Å². The van der Waals surface area contributed by atoms with Crippen LogP contribution in [0.15, 0.2) is 194 Å². The van der Waals surface area contributed by atoms with Gasteiger partial charge in [-0.3, -0.25) is 9.13 Å². The van der Waals surface area contributed by atoms with Crippen LogP contribution in [0, 0.1) is 0 Å². The summed E-state index contributed by atoms with van der Waals surface area (Å²) < 4.78 is 9.31. The first kappa shape index (κ1) is 30.7. The smallest absolute Gasteiger partial charge is 0.145 e. The van der Waals surface area contributed by atoms with E-state index in [4.69, 9.17) is 9.97 Å². The van der Waals surface area contributed by atoms with Crippen molar-refractivity contribution in [1.29, 1.82) is 0 Å². The molecule has 262 valence electrons. The Kier molecular flexibility index (Phi) is 6.53. The van der Waals surface area contributed by atoms with Crippen LogP contribution in [0.2, 0.25) is 0 Å². The molecule has 0 amide bonds. The molecule has 6 nitrogen and oxygen atoms in total. The highest BCUT2D eigenvalue weighted by Gasteiger charge is 2.22. The topological polar surface area (TPSA) is 45.5 Å². The Bertz CT molecular complexity index is 3240. The van der Waals surface area contributed by atoms with Crippen LogP contribution >= 0.6 is 0 Å². The predicted octanol–water partition coefficient (Wildman–Crippen LogP) is 12.2. The fraction of sp³-hybridized carbons (Fsp3) is 0. The van der Waals surface area contributed by atoms with Crippen LogP contribution in [-0.2, 0) is 0 Å². The molecule has 0 fully saturated rings. The first-order chi connectivity index (χ1) is 27.8. The average Bonchev–Trinajstić information content (AvgIpc) is 4.02. The highest BCUT2D eigenvalue weighted by Crippen LogP contribution is 2.39. The lowest BCUT2D eigenvalue weighted by Gasteiger charge is -2.14. The molecule has 0 saturated carbocycles. The van der Waals surface area contributed by atoms with Crippen molar-refractivity contribution in [2.24, 2.45) is 0 Å². The summed E-state index contributed by atoms with van der Waals surface area (Å²) in [5.74, 6) is 1.84. The van der Waals surface area contributed by atoms with Crippen LogP contribution in [-0.4, -0.2) is 28.5 Å². The van der Waals surface area contributed by atoms with Crippen LogP contribution in [0.1, 0.15) is 0 Å². The number of benzene rings is 8. The van der Waals surface area contributed by atoms with Crippen molar-refractivity contribution in [3.63, 3.8) is 0 Å². The molecule has 0 aliphatic carbocycles. The third-order valence-electron chi connectivity index (χ3n) is 11.2. The molecule has 8 aromatic carbocycles. The van der Waals surface area contributed by atoms with Crippen molar-refractivity contribution in [2.75, 3.05) is 0 Å². The Labute approximate surface area is 321 Å². The van der Waals surface area contributed by atoms with Gasteiger partial charge in [0.15, 0.2) is 0 Å². The van der Waals surface area contributed by atoms with E-state index in [1.165, 1.54) is 21.5 Å². The monoisotopic (exact) mass is 716 g/mol. The maximum atomic E-state index is 5.20. The van der Waals surface area contributed by atoms with E-state index >= 15 is 0 Å². The highest BCUT2D eigenvalue weighted by atomic mass is 15.5. The van der Waals surface area contributed by atoms with E-state index in [2.05, 4.69) is 213 Å². The van der Waals surface area contributed by atoms with Crippen molar-refractivity contribution >= 4 is 65.7 Å². The van der Waals surface area contributed by atoms with Crippen molar-refractivity contribution in [3.05, 3.63) is 194 Å². The number of hydrogen-bond acceptors (Lipinski definition) is 2. The van der Waals surface area contributed by atoms with Gasteiger partial charge in [0.1, 0.15) is 11.6 Å². The van der Waals surface area contributed by atoms with Gasteiger partial charge in [-0.05, 0) is 97.1 Å². The predicted molar refractivity (Wildman–Crippen MR) is 230 cm³/mol. The molecule has 6 heteroatoms. The number of fused-ring (bicyclic) bond motifs is 8. The van der Waals surface area contributed by atoms with Gasteiger partial charge in [0.25, 0.3) is 0 Å². The second kappa shape index (κ2) is 11.9. The zero-order chi connectivity index (χ0) is 36.7. The number of rotatable bonds is 5. The molecule has 4 heterocycles. The molecular formula is C50H32N6. The van der Waals surface area contributed by atoms with Gasteiger partial charge in [-0.25, -0.2) is 19.3 Å². The number of hydrogen-bond donors (Lipinski definition) is 0. The lowest BCUT2D eigenvalue weighted by atomic mass is 10.1. The van der Waals surface area contributed by atoms with Gasteiger partial charge < -0.3 is 0 Å². The maximum absolute atomic E-state index is 5.20. The fourth-order valence-corrected chi connectivity index (χ4v) is 8.73. The molecule has 0 aliphatic heterocycles. The quantitative estimate of drug-likeness (QED) is 0.178. The zero-order valence-electron chi connectivity index (χ0n) is 30.2. The molecule has 0 N–H and O–H groups in total. The Morgan fingerprint density at radius 3 is 1.09 bits per heavy atom. The molecule has 0 radical (unpaired) electrons. The summed E-state index contributed by atoms with van der Waals surface area (Å²) in [7, 11) is 0. The first-order valence-electron chi connectivity index (χ1n) is 18.9. The Morgan fingerprint density at radius 2 is 0.643 bits per heavy atom. The summed E-state index contributed by atoms with van der Waals surface area (Å²) in [6.45, 7) is 0. The van der Waals surface area contributed by atoms with E-state index in [9.17, 15) is 0 Å². The van der Waals surface area contributed by atoms with Crippen LogP contribution in [0.5, 0.6) is 0 Å². The van der Waals surface area contributed by atoms with E-state index in [1.54, 1.807) is 0 Å².